The third-order valence-electron chi connectivity index (χ3n) is 3.30. The number of anilines is 1. The number of aromatic amines is 1. The van der Waals surface area contributed by atoms with Gasteiger partial charge in [-0.2, -0.15) is 10.5 Å². The fourth-order valence-electron chi connectivity index (χ4n) is 2.41. The van der Waals surface area contributed by atoms with Crippen LogP contribution in [0.25, 0.3) is 0 Å². The lowest BCUT2D eigenvalue weighted by molar-refractivity contribution is 0.920. The Kier molecular flexibility index (Phi) is 3.64. The number of H-pyrrole nitrogens is 1. The maximum Gasteiger partial charge on any atom is 0.125 e. The average Bonchev–Trinajstić information content (AvgIpc) is 2.90. The van der Waals surface area contributed by atoms with Gasteiger partial charge in [0.05, 0.1) is 11.1 Å². The minimum absolute atomic E-state index is 0.437. The Hall–Kier alpha value is -1.85. The quantitative estimate of drug-likeness (QED) is 0.828. The zero-order chi connectivity index (χ0) is 13.1. The summed E-state index contributed by atoms with van der Waals surface area (Å²) in [7, 11) is 0. The van der Waals surface area contributed by atoms with Crippen LogP contribution in [0.3, 0.4) is 0 Å². The van der Waals surface area contributed by atoms with Crippen LogP contribution in [0.1, 0.15) is 36.5 Å². The van der Waals surface area contributed by atoms with Crippen molar-refractivity contribution in [3.63, 3.8) is 0 Å². The highest BCUT2D eigenvalue weighted by molar-refractivity contribution is 7.71. The van der Waals surface area contributed by atoms with Crippen LogP contribution in [0.2, 0.25) is 0 Å². The van der Waals surface area contributed by atoms with Gasteiger partial charge in [-0.3, -0.25) is 0 Å². The van der Waals surface area contributed by atoms with E-state index in [4.69, 9.17) is 17.5 Å². The predicted molar refractivity (Wildman–Crippen MR) is 71.9 cm³/mol. The van der Waals surface area contributed by atoms with Crippen LogP contribution in [0.15, 0.2) is 0 Å². The topological polar surface area (TPSA) is 66.6 Å². The van der Waals surface area contributed by atoms with Gasteiger partial charge in [0.25, 0.3) is 0 Å². The van der Waals surface area contributed by atoms with E-state index in [1.165, 1.54) is 0 Å². The summed E-state index contributed by atoms with van der Waals surface area (Å²) in [5.74, 6) is 0.788. The van der Waals surface area contributed by atoms with Gasteiger partial charge in [0, 0.05) is 13.1 Å². The van der Waals surface area contributed by atoms with E-state index in [1.807, 2.05) is 6.92 Å². The molecule has 0 radical (unpaired) electrons. The van der Waals surface area contributed by atoms with Crippen LogP contribution in [0, 0.1) is 27.3 Å². The highest BCUT2D eigenvalue weighted by Crippen LogP contribution is 2.27. The average molecular weight is 258 g/mol. The molecule has 0 unspecified atom stereocenters. The summed E-state index contributed by atoms with van der Waals surface area (Å²) in [4.78, 5) is 5.21. The van der Waals surface area contributed by atoms with E-state index < -0.39 is 0 Å². The van der Waals surface area contributed by atoms with Crippen molar-refractivity contribution in [1.82, 2.24) is 4.98 Å². The summed E-state index contributed by atoms with van der Waals surface area (Å²) in [5.41, 5.74) is 1.78. The third-order valence-corrected chi connectivity index (χ3v) is 3.60. The number of nitriles is 2. The van der Waals surface area contributed by atoms with Gasteiger partial charge >= 0.3 is 0 Å². The number of aromatic nitrogens is 1. The molecule has 0 atom stereocenters. The second kappa shape index (κ2) is 5.20. The van der Waals surface area contributed by atoms with Gasteiger partial charge in [-0.15, -0.1) is 0 Å². The first kappa shape index (κ1) is 12.6. The minimum Gasteiger partial charge on any atom is -0.357 e. The molecular formula is C13H14N4S. The Balaban J connectivity index is 2.68. The van der Waals surface area contributed by atoms with Crippen LogP contribution in [-0.2, 0) is 6.42 Å². The number of hydrogen-bond donors (Lipinski definition) is 1. The van der Waals surface area contributed by atoms with Gasteiger partial charge in [-0.25, -0.2) is 0 Å². The molecule has 92 valence electrons. The van der Waals surface area contributed by atoms with E-state index >= 15 is 0 Å². The molecular weight excluding hydrogens is 244 g/mol. The normalized spacial score (nSPS) is 14.3. The summed E-state index contributed by atoms with van der Waals surface area (Å²) in [5, 5.41) is 18.5. The zero-order valence-electron chi connectivity index (χ0n) is 10.3. The van der Waals surface area contributed by atoms with E-state index in [2.05, 4.69) is 22.0 Å². The van der Waals surface area contributed by atoms with Crippen LogP contribution >= 0.6 is 12.2 Å². The SMILES string of the molecule is CCc1c(C#N)c(N2CCCC2)[nH]c(=S)c1C#N. The van der Waals surface area contributed by atoms with Crippen molar-refractivity contribution in [2.45, 2.75) is 26.2 Å². The Morgan fingerprint density at radius 1 is 1.22 bits per heavy atom. The highest BCUT2D eigenvalue weighted by atomic mass is 32.1. The number of rotatable bonds is 2. The van der Waals surface area contributed by atoms with Crippen molar-refractivity contribution >= 4 is 18.0 Å². The largest absolute Gasteiger partial charge is 0.357 e. The van der Waals surface area contributed by atoms with Crippen LogP contribution in [0.5, 0.6) is 0 Å². The van der Waals surface area contributed by atoms with Gasteiger partial charge in [0.15, 0.2) is 0 Å². The molecule has 1 aliphatic heterocycles. The maximum absolute atomic E-state index is 9.36. The first-order chi connectivity index (χ1) is 8.72. The first-order valence-electron chi connectivity index (χ1n) is 6.07. The molecule has 5 heteroatoms. The number of nitrogens with zero attached hydrogens (tertiary/aromatic N) is 3. The fraction of sp³-hybridized carbons (Fsp3) is 0.462. The number of hydrogen-bond acceptors (Lipinski definition) is 4. The second-order valence-corrected chi connectivity index (χ2v) is 4.71. The van der Waals surface area contributed by atoms with Crippen molar-refractivity contribution in [1.29, 1.82) is 10.5 Å². The summed E-state index contributed by atoms with van der Waals surface area (Å²) in [6.07, 6.45) is 2.91. The summed E-state index contributed by atoms with van der Waals surface area (Å²) >= 11 is 5.22. The molecule has 0 saturated carbocycles. The molecule has 0 aromatic carbocycles. The second-order valence-electron chi connectivity index (χ2n) is 4.30. The monoisotopic (exact) mass is 258 g/mol. The molecule has 0 spiro atoms. The molecule has 1 fully saturated rings. The fourth-order valence-corrected chi connectivity index (χ4v) is 2.67. The summed E-state index contributed by atoms with van der Waals surface area (Å²) in [6, 6.07) is 4.33. The van der Waals surface area contributed by atoms with E-state index in [-0.39, 0.29) is 0 Å². The Bertz CT molecular complexity index is 597. The Labute approximate surface area is 111 Å². The molecule has 0 amide bonds. The predicted octanol–water partition coefficient (Wildman–Crippen LogP) is 2.65. The smallest absolute Gasteiger partial charge is 0.125 e. The molecule has 1 aliphatic rings. The number of nitrogens with one attached hydrogen (secondary N) is 1. The third kappa shape index (κ3) is 1.98. The standard InChI is InChI=1S/C13H14N4S/c1-2-9-10(7-14)12(17-5-3-4-6-17)16-13(18)11(9)8-15/h2-6H2,1H3,(H,16,18). The molecule has 0 aliphatic carbocycles. The van der Waals surface area contributed by atoms with Gasteiger partial charge in [-0.05, 0) is 24.8 Å². The molecule has 1 N–H and O–H groups in total. The highest BCUT2D eigenvalue weighted by Gasteiger charge is 2.21. The molecule has 4 nitrogen and oxygen atoms in total. The van der Waals surface area contributed by atoms with Crippen molar-refractivity contribution in [2.75, 3.05) is 18.0 Å². The molecule has 18 heavy (non-hydrogen) atoms. The van der Waals surface area contributed by atoms with E-state index in [1.54, 1.807) is 0 Å². The molecule has 2 heterocycles. The van der Waals surface area contributed by atoms with Gasteiger partial charge in [-0.1, -0.05) is 19.1 Å². The maximum atomic E-state index is 9.36. The minimum atomic E-state index is 0.437. The lowest BCUT2D eigenvalue weighted by Crippen LogP contribution is -2.21. The van der Waals surface area contributed by atoms with Gasteiger partial charge < -0.3 is 9.88 Å². The van der Waals surface area contributed by atoms with Crippen molar-refractivity contribution in [3.05, 3.63) is 21.3 Å². The number of pyridine rings is 1. The Morgan fingerprint density at radius 3 is 2.33 bits per heavy atom. The molecule has 0 bridgehead atoms. The van der Waals surface area contributed by atoms with E-state index in [9.17, 15) is 5.26 Å². The molecule has 1 aromatic heterocycles. The van der Waals surface area contributed by atoms with Crippen molar-refractivity contribution in [3.8, 4) is 12.1 Å². The molecule has 2 rings (SSSR count). The summed E-state index contributed by atoms with van der Waals surface area (Å²) in [6.45, 7) is 3.82. The van der Waals surface area contributed by atoms with E-state index in [0.29, 0.717) is 22.2 Å². The lowest BCUT2D eigenvalue weighted by Gasteiger charge is -2.20. The van der Waals surface area contributed by atoms with Crippen LogP contribution in [0.4, 0.5) is 5.82 Å². The Morgan fingerprint density at radius 2 is 1.83 bits per heavy atom. The zero-order valence-corrected chi connectivity index (χ0v) is 11.1. The van der Waals surface area contributed by atoms with Crippen LogP contribution in [-0.4, -0.2) is 18.1 Å². The van der Waals surface area contributed by atoms with Crippen molar-refractivity contribution < 1.29 is 0 Å². The lowest BCUT2D eigenvalue weighted by atomic mass is 10.0. The van der Waals surface area contributed by atoms with Gasteiger partial charge in [0.2, 0.25) is 0 Å². The first-order valence-corrected chi connectivity index (χ1v) is 6.48. The van der Waals surface area contributed by atoms with Gasteiger partial charge in [0.1, 0.15) is 22.6 Å². The molecule has 1 saturated heterocycles. The van der Waals surface area contributed by atoms with Crippen LogP contribution < -0.4 is 4.90 Å². The van der Waals surface area contributed by atoms with E-state index in [0.717, 1.165) is 37.3 Å². The molecule has 1 aromatic rings. The summed E-state index contributed by atoms with van der Waals surface area (Å²) < 4.78 is 0.440. The van der Waals surface area contributed by atoms with Crippen molar-refractivity contribution in [2.24, 2.45) is 0 Å².